The van der Waals surface area contributed by atoms with Crippen molar-refractivity contribution in [3.05, 3.63) is 59.2 Å². The van der Waals surface area contributed by atoms with E-state index in [9.17, 15) is 9.59 Å². The summed E-state index contributed by atoms with van der Waals surface area (Å²) in [5.74, 6) is 0.495. The zero-order valence-electron chi connectivity index (χ0n) is 17.9. The van der Waals surface area contributed by atoms with E-state index in [1.54, 1.807) is 6.07 Å². The predicted octanol–water partition coefficient (Wildman–Crippen LogP) is 2.49. The number of carbonyl (C=O) groups is 2. The minimum absolute atomic E-state index is 0.0316. The molecule has 2 heterocycles. The molecule has 2 aromatic rings. The van der Waals surface area contributed by atoms with Crippen molar-refractivity contribution in [2.24, 2.45) is 0 Å². The molecule has 2 amide bonds. The number of fused-ring (bicyclic) bond motifs is 1. The van der Waals surface area contributed by atoms with Crippen LogP contribution in [0.5, 0.6) is 5.75 Å². The molecule has 0 bridgehead atoms. The zero-order valence-corrected chi connectivity index (χ0v) is 17.9. The molecule has 2 aliphatic rings. The maximum absolute atomic E-state index is 12.2. The van der Waals surface area contributed by atoms with Gasteiger partial charge < -0.3 is 20.1 Å². The molecule has 2 aromatic carbocycles. The van der Waals surface area contributed by atoms with Gasteiger partial charge in [-0.15, -0.1) is 0 Å². The molecular weight excluding hydrogens is 394 g/mol. The van der Waals surface area contributed by atoms with E-state index in [1.807, 2.05) is 24.3 Å². The minimum atomic E-state index is -0.168. The summed E-state index contributed by atoms with van der Waals surface area (Å²) in [6.45, 7) is 6.06. The first kappa shape index (κ1) is 21.3. The Balaban J connectivity index is 1.24. The molecule has 0 radical (unpaired) electrons. The highest BCUT2D eigenvalue weighted by atomic mass is 16.5. The number of benzene rings is 2. The molecule has 1 fully saturated rings. The largest absolute Gasteiger partial charge is 0.484 e. The number of hydrogen-bond donors (Lipinski definition) is 2. The third-order valence-corrected chi connectivity index (χ3v) is 5.55. The van der Waals surface area contributed by atoms with Crippen LogP contribution in [0.3, 0.4) is 0 Å². The zero-order chi connectivity index (χ0) is 21.6. The second-order valence-electron chi connectivity index (χ2n) is 8.17. The van der Waals surface area contributed by atoms with Gasteiger partial charge in [0.05, 0.1) is 12.7 Å². The van der Waals surface area contributed by atoms with Gasteiger partial charge in [0.15, 0.2) is 6.61 Å². The van der Waals surface area contributed by atoms with Gasteiger partial charge in [0, 0.05) is 38.3 Å². The van der Waals surface area contributed by atoms with E-state index in [4.69, 9.17) is 9.47 Å². The Hall–Kier alpha value is -2.90. The average Bonchev–Trinajstić information content (AvgIpc) is 2.76. The summed E-state index contributed by atoms with van der Waals surface area (Å²) in [6.07, 6.45) is 1.43. The van der Waals surface area contributed by atoms with Crippen molar-refractivity contribution in [3.63, 3.8) is 0 Å². The van der Waals surface area contributed by atoms with Crippen molar-refractivity contribution in [3.8, 4) is 5.75 Å². The molecule has 0 aliphatic carbocycles. The molecule has 1 unspecified atom stereocenters. The Labute approximate surface area is 182 Å². The molecule has 2 N–H and O–H groups in total. The van der Waals surface area contributed by atoms with Crippen molar-refractivity contribution >= 4 is 17.5 Å². The van der Waals surface area contributed by atoms with Crippen molar-refractivity contribution in [1.82, 2.24) is 10.2 Å². The van der Waals surface area contributed by atoms with E-state index >= 15 is 0 Å². The number of nitrogens with zero attached hydrogens (tertiary/aromatic N) is 1. The molecule has 1 saturated heterocycles. The van der Waals surface area contributed by atoms with E-state index < -0.39 is 0 Å². The van der Waals surface area contributed by atoms with E-state index in [1.165, 1.54) is 5.56 Å². The fraction of sp³-hybridized carbons (Fsp3) is 0.417. The third kappa shape index (κ3) is 6.06. The van der Waals surface area contributed by atoms with E-state index in [-0.39, 0.29) is 24.5 Å². The average molecular weight is 424 g/mol. The fourth-order valence-corrected chi connectivity index (χ4v) is 3.98. The second-order valence-corrected chi connectivity index (χ2v) is 8.17. The van der Waals surface area contributed by atoms with Crippen molar-refractivity contribution in [1.29, 1.82) is 0 Å². The first-order chi connectivity index (χ1) is 15.0. The molecule has 0 spiro atoms. The molecule has 0 saturated carbocycles. The number of carbonyl (C=O) groups excluding carboxylic acids is 2. The maximum atomic E-state index is 12.2. The van der Waals surface area contributed by atoms with Crippen LogP contribution in [0.25, 0.3) is 0 Å². The highest BCUT2D eigenvalue weighted by Gasteiger charge is 2.17. The lowest BCUT2D eigenvalue weighted by atomic mass is 10.0. The van der Waals surface area contributed by atoms with Gasteiger partial charge >= 0.3 is 0 Å². The molecule has 7 heteroatoms. The van der Waals surface area contributed by atoms with Crippen LogP contribution in [0.4, 0.5) is 5.69 Å². The molecule has 2 aliphatic heterocycles. The monoisotopic (exact) mass is 423 g/mol. The summed E-state index contributed by atoms with van der Waals surface area (Å²) in [5.41, 5.74) is 4.15. The number of nitrogens with one attached hydrogen (secondary N) is 2. The Morgan fingerprint density at radius 2 is 2.10 bits per heavy atom. The van der Waals surface area contributed by atoms with Crippen LogP contribution in [0.15, 0.2) is 42.5 Å². The number of morpholine rings is 1. The maximum Gasteiger partial charge on any atom is 0.258 e. The first-order valence-corrected chi connectivity index (χ1v) is 10.8. The number of rotatable bonds is 7. The van der Waals surface area contributed by atoms with Gasteiger partial charge in [-0.25, -0.2) is 0 Å². The van der Waals surface area contributed by atoms with Crippen LogP contribution in [-0.2, 0) is 33.8 Å². The van der Waals surface area contributed by atoms with Gasteiger partial charge in [-0.3, -0.25) is 14.5 Å². The van der Waals surface area contributed by atoms with Gasteiger partial charge in [-0.05, 0) is 48.2 Å². The topological polar surface area (TPSA) is 79.9 Å². The summed E-state index contributed by atoms with van der Waals surface area (Å²) in [5, 5.41) is 5.76. The number of ether oxygens (including phenoxy) is 2. The molecule has 164 valence electrons. The lowest BCUT2D eigenvalue weighted by molar-refractivity contribution is -0.123. The predicted molar refractivity (Wildman–Crippen MR) is 118 cm³/mol. The molecule has 4 rings (SSSR count). The van der Waals surface area contributed by atoms with E-state index in [0.29, 0.717) is 25.1 Å². The van der Waals surface area contributed by atoms with Crippen LogP contribution in [0.1, 0.15) is 30.0 Å². The van der Waals surface area contributed by atoms with Crippen molar-refractivity contribution in [2.75, 3.05) is 31.6 Å². The van der Waals surface area contributed by atoms with Gasteiger partial charge in [0.25, 0.3) is 5.91 Å². The number of hydrogen-bond acceptors (Lipinski definition) is 5. The standard InChI is InChI=1S/C24H29N3O4/c1-17-14-27(9-10-30-17)15-19-4-2-3-18(11-19)13-25-24(29)16-31-21-6-7-22-20(12-21)5-8-23(28)26-22/h2-4,6-7,11-12,17H,5,8-10,13-16H2,1H3,(H,25,29)(H,26,28). The van der Waals surface area contributed by atoms with E-state index in [0.717, 1.165) is 43.1 Å². The summed E-state index contributed by atoms with van der Waals surface area (Å²) in [7, 11) is 0. The van der Waals surface area contributed by atoms with Crippen LogP contribution < -0.4 is 15.4 Å². The smallest absolute Gasteiger partial charge is 0.258 e. The highest BCUT2D eigenvalue weighted by Crippen LogP contribution is 2.26. The first-order valence-electron chi connectivity index (χ1n) is 10.8. The minimum Gasteiger partial charge on any atom is -0.484 e. The van der Waals surface area contributed by atoms with Gasteiger partial charge in [0.2, 0.25) is 5.91 Å². The highest BCUT2D eigenvalue weighted by molar-refractivity contribution is 5.94. The Kier molecular flexibility index (Phi) is 6.84. The van der Waals surface area contributed by atoms with Crippen LogP contribution in [-0.4, -0.2) is 49.1 Å². The van der Waals surface area contributed by atoms with Gasteiger partial charge in [-0.2, -0.15) is 0 Å². The Bertz CT molecular complexity index is 946. The quantitative estimate of drug-likeness (QED) is 0.715. The number of anilines is 1. The molecule has 7 nitrogen and oxygen atoms in total. The number of amides is 2. The molecular formula is C24H29N3O4. The summed E-state index contributed by atoms with van der Waals surface area (Å²) in [6, 6.07) is 13.8. The lowest BCUT2D eigenvalue weighted by Crippen LogP contribution is -2.40. The Morgan fingerprint density at radius 1 is 1.23 bits per heavy atom. The van der Waals surface area contributed by atoms with Crippen LogP contribution >= 0.6 is 0 Å². The third-order valence-electron chi connectivity index (χ3n) is 5.55. The summed E-state index contributed by atoms with van der Waals surface area (Å²) in [4.78, 5) is 26.1. The summed E-state index contributed by atoms with van der Waals surface area (Å²) < 4.78 is 11.2. The molecule has 0 aromatic heterocycles. The van der Waals surface area contributed by atoms with Crippen molar-refractivity contribution in [2.45, 2.75) is 39.0 Å². The fourth-order valence-electron chi connectivity index (χ4n) is 3.98. The van der Waals surface area contributed by atoms with Gasteiger partial charge in [0.1, 0.15) is 5.75 Å². The second kappa shape index (κ2) is 9.94. The van der Waals surface area contributed by atoms with Gasteiger partial charge in [-0.1, -0.05) is 24.3 Å². The van der Waals surface area contributed by atoms with Crippen LogP contribution in [0, 0.1) is 0 Å². The van der Waals surface area contributed by atoms with Crippen molar-refractivity contribution < 1.29 is 19.1 Å². The van der Waals surface area contributed by atoms with Crippen LogP contribution in [0.2, 0.25) is 0 Å². The Morgan fingerprint density at radius 3 is 2.97 bits per heavy atom. The van der Waals surface area contributed by atoms with E-state index in [2.05, 4.69) is 34.6 Å². The molecule has 1 atom stereocenters. The summed E-state index contributed by atoms with van der Waals surface area (Å²) >= 11 is 0. The number of aryl methyl sites for hydroxylation is 1. The SMILES string of the molecule is CC1CN(Cc2cccc(CNC(=O)COc3ccc4c(c3)CCC(=O)N4)c2)CCO1. The molecule has 31 heavy (non-hydrogen) atoms. The lowest BCUT2D eigenvalue weighted by Gasteiger charge is -2.31. The normalized spacial score (nSPS) is 18.7.